The molecule has 1 amide bonds. The molecule has 0 aliphatic rings. The Hall–Kier alpha value is -3.28. The minimum absolute atomic E-state index is 0.113. The molecule has 6 heteroatoms. The van der Waals surface area contributed by atoms with Crippen LogP contribution in [0.25, 0.3) is 10.8 Å². The minimum atomic E-state index is -1.06. The van der Waals surface area contributed by atoms with Crippen LogP contribution in [0.1, 0.15) is 10.4 Å². The minimum Gasteiger partial charge on any atom is -0.483 e. The zero-order valence-electron chi connectivity index (χ0n) is 13.0. The van der Waals surface area contributed by atoms with E-state index in [4.69, 9.17) is 4.74 Å². The van der Waals surface area contributed by atoms with Crippen LogP contribution in [0.4, 0.5) is 14.5 Å². The number of anilines is 1. The third-order valence-corrected chi connectivity index (χ3v) is 3.61. The van der Waals surface area contributed by atoms with Crippen LogP contribution in [-0.2, 0) is 4.79 Å². The molecule has 0 saturated heterocycles. The standard InChI is InChI=1S/C19H13F2NO3/c20-16-7-6-13(9-17(16)21)22-19(24)11-25-18-8-5-12-3-1-2-4-14(12)15(18)10-23/h1-10H,11H2,(H,22,24). The molecule has 0 atom stereocenters. The van der Waals surface area contributed by atoms with Gasteiger partial charge in [-0.1, -0.05) is 30.3 Å². The second kappa shape index (κ2) is 7.09. The summed E-state index contributed by atoms with van der Waals surface area (Å²) in [6.45, 7) is -0.377. The average Bonchev–Trinajstić information content (AvgIpc) is 2.62. The highest BCUT2D eigenvalue weighted by Crippen LogP contribution is 2.26. The third kappa shape index (κ3) is 3.63. The van der Waals surface area contributed by atoms with Crippen LogP contribution in [0.5, 0.6) is 5.75 Å². The fraction of sp³-hybridized carbons (Fsp3) is 0.0526. The zero-order chi connectivity index (χ0) is 17.8. The van der Waals surface area contributed by atoms with E-state index >= 15 is 0 Å². The summed E-state index contributed by atoms with van der Waals surface area (Å²) < 4.78 is 31.4. The smallest absolute Gasteiger partial charge is 0.262 e. The van der Waals surface area contributed by atoms with Crippen molar-refractivity contribution in [2.75, 3.05) is 11.9 Å². The second-order valence-electron chi connectivity index (χ2n) is 5.28. The van der Waals surface area contributed by atoms with Crippen LogP contribution in [0.3, 0.4) is 0 Å². The first-order chi connectivity index (χ1) is 12.1. The van der Waals surface area contributed by atoms with Gasteiger partial charge >= 0.3 is 0 Å². The Labute approximate surface area is 142 Å². The van der Waals surface area contributed by atoms with E-state index in [-0.39, 0.29) is 18.0 Å². The van der Waals surface area contributed by atoms with Gasteiger partial charge in [0.1, 0.15) is 5.75 Å². The highest BCUT2D eigenvalue weighted by Gasteiger charge is 2.11. The number of benzene rings is 3. The van der Waals surface area contributed by atoms with Crippen LogP contribution < -0.4 is 10.1 Å². The Kier molecular flexibility index (Phi) is 4.70. The van der Waals surface area contributed by atoms with Crippen LogP contribution in [0, 0.1) is 11.6 Å². The summed E-state index contributed by atoms with van der Waals surface area (Å²) in [5.41, 5.74) is 0.459. The number of hydrogen-bond donors (Lipinski definition) is 1. The van der Waals surface area contributed by atoms with Crippen molar-refractivity contribution >= 4 is 28.7 Å². The fourth-order valence-electron chi connectivity index (χ4n) is 2.44. The van der Waals surface area contributed by atoms with Gasteiger partial charge in [-0.2, -0.15) is 0 Å². The molecule has 0 fully saturated rings. The van der Waals surface area contributed by atoms with E-state index in [1.54, 1.807) is 24.3 Å². The summed E-state index contributed by atoms with van der Waals surface area (Å²) in [6, 6.07) is 13.7. The normalized spacial score (nSPS) is 10.5. The van der Waals surface area contributed by atoms with Crippen LogP contribution in [0.15, 0.2) is 54.6 Å². The Morgan fingerprint density at radius 2 is 1.84 bits per heavy atom. The van der Waals surface area contributed by atoms with E-state index in [1.807, 2.05) is 12.1 Å². The van der Waals surface area contributed by atoms with E-state index in [1.165, 1.54) is 6.07 Å². The number of halogens is 2. The SMILES string of the molecule is O=Cc1c(OCC(=O)Nc2ccc(F)c(F)c2)ccc2ccccc12. The molecule has 126 valence electrons. The molecule has 1 N–H and O–H groups in total. The number of carbonyl (C=O) groups excluding carboxylic acids is 2. The quantitative estimate of drug-likeness (QED) is 0.715. The van der Waals surface area contributed by atoms with Crippen molar-refractivity contribution in [2.45, 2.75) is 0 Å². The lowest BCUT2D eigenvalue weighted by Crippen LogP contribution is -2.20. The van der Waals surface area contributed by atoms with Gasteiger partial charge in [-0.05, 0) is 29.0 Å². The molecule has 3 rings (SSSR count). The van der Waals surface area contributed by atoms with Gasteiger partial charge in [0.05, 0.1) is 5.56 Å². The number of carbonyl (C=O) groups is 2. The molecule has 0 saturated carbocycles. The predicted octanol–water partition coefficient (Wildman–Crippen LogP) is 3.95. The van der Waals surface area contributed by atoms with Crippen molar-refractivity contribution in [1.29, 1.82) is 0 Å². The summed E-state index contributed by atoms with van der Waals surface area (Å²) in [4.78, 5) is 23.3. The van der Waals surface area contributed by atoms with Gasteiger partial charge in [0.25, 0.3) is 5.91 Å². The molecular formula is C19H13F2NO3. The van der Waals surface area contributed by atoms with Gasteiger partial charge in [-0.15, -0.1) is 0 Å². The van der Waals surface area contributed by atoms with Gasteiger partial charge in [0.2, 0.25) is 0 Å². The number of fused-ring (bicyclic) bond motifs is 1. The average molecular weight is 341 g/mol. The zero-order valence-corrected chi connectivity index (χ0v) is 13.0. The number of rotatable bonds is 5. The fourth-order valence-corrected chi connectivity index (χ4v) is 2.44. The molecule has 0 aliphatic carbocycles. The number of hydrogen-bond acceptors (Lipinski definition) is 3. The summed E-state index contributed by atoms with van der Waals surface area (Å²) in [7, 11) is 0. The maximum absolute atomic E-state index is 13.1. The maximum Gasteiger partial charge on any atom is 0.262 e. The summed E-state index contributed by atoms with van der Waals surface area (Å²) in [5.74, 6) is -2.34. The summed E-state index contributed by atoms with van der Waals surface area (Å²) in [6.07, 6.45) is 0.672. The second-order valence-corrected chi connectivity index (χ2v) is 5.28. The molecule has 0 bridgehead atoms. The van der Waals surface area contributed by atoms with E-state index in [2.05, 4.69) is 5.32 Å². The first kappa shape index (κ1) is 16.6. The molecule has 0 radical (unpaired) electrons. The van der Waals surface area contributed by atoms with Crippen molar-refractivity contribution in [3.8, 4) is 5.75 Å². The van der Waals surface area contributed by atoms with Gasteiger partial charge in [0, 0.05) is 11.8 Å². The number of amides is 1. The molecule has 0 aliphatic heterocycles. The van der Waals surface area contributed by atoms with E-state index < -0.39 is 17.5 Å². The first-order valence-corrected chi connectivity index (χ1v) is 7.43. The Morgan fingerprint density at radius 1 is 1.04 bits per heavy atom. The van der Waals surface area contributed by atoms with Crippen LogP contribution in [-0.4, -0.2) is 18.8 Å². The maximum atomic E-state index is 13.1. The lowest BCUT2D eigenvalue weighted by atomic mass is 10.0. The molecular weight excluding hydrogens is 328 g/mol. The molecule has 3 aromatic rings. The van der Waals surface area contributed by atoms with E-state index in [9.17, 15) is 18.4 Å². The number of ether oxygens (including phenoxy) is 1. The van der Waals surface area contributed by atoms with Crippen molar-refractivity contribution in [3.63, 3.8) is 0 Å². The van der Waals surface area contributed by atoms with Gasteiger partial charge in [-0.3, -0.25) is 9.59 Å². The van der Waals surface area contributed by atoms with Gasteiger partial charge in [0.15, 0.2) is 24.5 Å². The lowest BCUT2D eigenvalue weighted by Gasteiger charge is -2.11. The molecule has 25 heavy (non-hydrogen) atoms. The Bertz CT molecular complexity index is 957. The van der Waals surface area contributed by atoms with Gasteiger partial charge < -0.3 is 10.1 Å². The molecule has 0 aromatic heterocycles. The third-order valence-electron chi connectivity index (χ3n) is 3.61. The molecule has 0 spiro atoms. The topological polar surface area (TPSA) is 55.4 Å². The first-order valence-electron chi connectivity index (χ1n) is 7.43. The molecule has 0 heterocycles. The summed E-state index contributed by atoms with van der Waals surface area (Å²) >= 11 is 0. The largest absolute Gasteiger partial charge is 0.483 e. The Morgan fingerprint density at radius 3 is 2.60 bits per heavy atom. The van der Waals surface area contributed by atoms with E-state index in [0.717, 1.165) is 22.9 Å². The number of aldehydes is 1. The van der Waals surface area contributed by atoms with Gasteiger partial charge in [-0.25, -0.2) is 8.78 Å². The number of nitrogens with one attached hydrogen (secondary N) is 1. The predicted molar refractivity (Wildman–Crippen MR) is 89.8 cm³/mol. The highest BCUT2D eigenvalue weighted by molar-refractivity contribution is 6.01. The molecule has 4 nitrogen and oxygen atoms in total. The van der Waals surface area contributed by atoms with Crippen molar-refractivity contribution in [2.24, 2.45) is 0 Å². The Balaban J connectivity index is 1.72. The lowest BCUT2D eigenvalue weighted by molar-refractivity contribution is -0.118. The molecule has 3 aromatic carbocycles. The van der Waals surface area contributed by atoms with E-state index in [0.29, 0.717) is 11.8 Å². The monoisotopic (exact) mass is 341 g/mol. The van der Waals surface area contributed by atoms with Crippen molar-refractivity contribution in [1.82, 2.24) is 0 Å². The van der Waals surface area contributed by atoms with Crippen LogP contribution in [0.2, 0.25) is 0 Å². The van der Waals surface area contributed by atoms with Crippen molar-refractivity contribution in [3.05, 3.63) is 71.8 Å². The summed E-state index contributed by atoms with van der Waals surface area (Å²) in [5, 5.41) is 3.99. The molecule has 0 unspecified atom stereocenters. The van der Waals surface area contributed by atoms with Crippen molar-refractivity contribution < 1.29 is 23.1 Å². The highest BCUT2D eigenvalue weighted by atomic mass is 19.2. The van der Waals surface area contributed by atoms with Crippen LogP contribution >= 0.6 is 0 Å².